The lowest BCUT2D eigenvalue weighted by Crippen LogP contribution is -2.45. The molecule has 1 amide bonds. The molecule has 6 nitrogen and oxygen atoms in total. The average molecular weight is 396 g/mol. The highest BCUT2D eigenvalue weighted by molar-refractivity contribution is 5.94. The number of anilines is 1. The lowest BCUT2D eigenvalue weighted by Gasteiger charge is -2.25. The minimum Gasteiger partial charge on any atom is -0.380 e. The molecule has 0 aliphatic heterocycles. The Labute approximate surface area is 174 Å². The molecule has 156 valence electrons. The Balaban J connectivity index is 1.83. The van der Waals surface area contributed by atoms with Gasteiger partial charge in [0.2, 0.25) is 0 Å². The number of hydrogen-bond acceptors (Lipinski definition) is 3. The summed E-state index contributed by atoms with van der Waals surface area (Å²) in [6.45, 7) is 5.91. The molecule has 0 heterocycles. The molecule has 0 saturated heterocycles. The van der Waals surface area contributed by atoms with Crippen molar-refractivity contribution in [2.45, 2.75) is 26.3 Å². The number of carbonyl (C=O) groups excluding carboxylic acids is 1. The molecule has 29 heavy (non-hydrogen) atoms. The molecule has 1 atom stereocenters. The van der Waals surface area contributed by atoms with E-state index >= 15 is 0 Å². The summed E-state index contributed by atoms with van der Waals surface area (Å²) in [6.07, 6.45) is 0.807. The van der Waals surface area contributed by atoms with Gasteiger partial charge in [-0.3, -0.25) is 9.79 Å². The van der Waals surface area contributed by atoms with Gasteiger partial charge in [-0.2, -0.15) is 0 Å². The van der Waals surface area contributed by atoms with Gasteiger partial charge in [-0.15, -0.1) is 0 Å². The molecule has 2 rings (SSSR count). The van der Waals surface area contributed by atoms with E-state index in [0.717, 1.165) is 36.7 Å². The van der Waals surface area contributed by atoms with Crippen molar-refractivity contribution in [1.29, 1.82) is 0 Å². The van der Waals surface area contributed by atoms with Gasteiger partial charge in [-0.1, -0.05) is 44.2 Å². The van der Waals surface area contributed by atoms with Crippen LogP contribution in [0.2, 0.25) is 0 Å². The molecule has 0 aromatic heterocycles. The van der Waals surface area contributed by atoms with Gasteiger partial charge in [-0.25, -0.2) is 0 Å². The number of nitrogens with zero attached hydrogens (tertiary/aromatic N) is 1. The van der Waals surface area contributed by atoms with Crippen LogP contribution in [0.15, 0.2) is 59.6 Å². The highest BCUT2D eigenvalue weighted by Crippen LogP contribution is 2.11. The van der Waals surface area contributed by atoms with E-state index in [-0.39, 0.29) is 11.9 Å². The van der Waals surface area contributed by atoms with Crippen molar-refractivity contribution in [1.82, 2.24) is 16.0 Å². The van der Waals surface area contributed by atoms with Crippen LogP contribution in [0.4, 0.5) is 5.69 Å². The fourth-order valence-corrected chi connectivity index (χ4v) is 2.97. The molecule has 0 radical (unpaired) electrons. The zero-order chi connectivity index (χ0) is 21.1. The third kappa shape index (κ3) is 7.49. The predicted molar refractivity (Wildman–Crippen MR) is 122 cm³/mol. The van der Waals surface area contributed by atoms with Crippen molar-refractivity contribution in [3.63, 3.8) is 0 Å². The van der Waals surface area contributed by atoms with Crippen LogP contribution >= 0.6 is 0 Å². The van der Waals surface area contributed by atoms with E-state index in [4.69, 9.17) is 0 Å². The Morgan fingerprint density at radius 1 is 1.03 bits per heavy atom. The summed E-state index contributed by atoms with van der Waals surface area (Å²) in [7, 11) is 3.42. The highest BCUT2D eigenvalue weighted by atomic mass is 16.1. The first kappa shape index (κ1) is 22.3. The molecule has 0 fully saturated rings. The van der Waals surface area contributed by atoms with Gasteiger partial charge in [-0.05, 0) is 42.2 Å². The molecule has 1 unspecified atom stereocenters. The van der Waals surface area contributed by atoms with Crippen LogP contribution in [0.3, 0.4) is 0 Å². The Morgan fingerprint density at radius 2 is 1.79 bits per heavy atom. The molecule has 0 bridgehead atoms. The number of carbonyl (C=O) groups is 1. The fourth-order valence-electron chi connectivity index (χ4n) is 2.97. The molecule has 0 aliphatic carbocycles. The summed E-state index contributed by atoms with van der Waals surface area (Å²) >= 11 is 0. The third-order valence-electron chi connectivity index (χ3n) is 4.77. The molecule has 2 aromatic rings. The van der Waals surface area contributed by atoms with Crippen LogP contribution in [-0.4, -0.2) is 45.1 Å². The first-order valence-electron chi connectivity index (χ1n) is 10.1. The Hall–Kier alpha value is -3.02. The highest BCUT2D eigenvalue weighted by Gasteiger charge is 2.13. The first-order chi connectivity index (χ1) is 14.0. The lowest BCUT2D eigenvalue weighted by molar-refractivity contribution is 0.0963. The number of para-hydroxylation sites is 1. The zero-order valence-electron chi connectivity index (χ0n) is 17.8. The Morgan fingerprint density at radius 3 is 2.45 bits per heavy atom. The molecule has 2 aromatic carbocycles. The number of rotatable bonds is 9. The summed E-state index contributed by atoms with van der Waals surface area (Å²) in [6, 6.07) is 18.2. The molecule has 0 spiro atoms. The van der Waals surface area contributed by atoms with E-state index in [2.05, 4.69) is 52.2 Å². The minimum absolute atomic E-state index is 0.0667. The van der Waals surface area contributed by atoms with Crippen molar-refractivity contribution in [3.8, 4) is 0 Å². The van der Waals surface area contributed by atoms with Gasteiger partial charge >= 0.3 is 0 Å². The summed E-state index contributed by atoms with van der Waals surface area (Å²) < 4.78 is 0. The summed E-state index contributed by atoms with van der Waals surface area (Å²) in [5, 5.41) is 13.0. The van der Waals surface area contributed by atoms with Gasteiger partial charge in [0.05, 0.1) is 0 Å². The summed E-state index contributed by atoms with van der Waals surface area (Å²) in [5.74, 6) is 1.17. The van der Waals surface area contributed by atoms with Crippen molar-refractivity contribution >= 4 is 17.6 Å². The van der Waals surface area contributed by atoms with Gasteiger partial charge in [0.1, 0.15) is 0 Å². The number of guanidine groups is 1. The maximum absolute atomic E-state index is 11.8. The van der Waals surface area contributed by atoms with E-state index in [9.17, 15) is 4.79 Å². The van der Waals surface area contributed by atoms with Crippen LogP contribution in [-0.2, 0) is 6.42 Å². The van der Waals surface area contributed by atoms with E-state index in [0.29, 0.717) is 11.5 Å². The van der Waals surface area contributed by atoms with Crippen LogP contribution in [0.1, 0.15) is 29.8 Å². The summed E-state index contributed by atoms with van der Waals surface area (Å²) in [4.78, 5) is 16.1. The molecular weight excluding hydrogens is 362 g/mol. The number of nitrogens with one attached hydrogen (secondary N) is 4. The van der Waals surface area contributed by atoms with Gasteiger partial charge in [0.25, 0.3) is 5.91 Å². The smallest absolute Gasteiger partial charge is 0.251 e. The SMILES string of the molecule is CN=C(NCCc1cccc(C(=O)NC)c1)NCC(Nc1ccccc1)C(C)C. The van der Waals surface area contributed by atoms with Crippen LogP contribution in [0.5, 0.6) is 0 Å². The second-order valence-electron chi connectivity index (χ2n) is 7.27. The van der Waals surface area contributed by atoms with Crippen molar-refractivity contribution in [2.24, 2.45) is 10.9 Å². The number of aliphatic imine (C=N–C) groups is 1. The third-order valence-corrected chi connectivity index (χ3v) is 4.77. The first-order valence-corrected chi connectivity index (χ1v) is 10.1. The second-order valence-corrected chi connectivity index (χ2v) is 7.27. The Bertz CT molecular complexity index is 789. The normalized spacial score (nSPS) is 12.4. The predicted octanol–water partition coefficient (Wildman–Crippen LogP) is 2.89. The quantitative estimate of drug-likeness (QED) is 0.389. The average Bonchev–Trinajstić information content (AvgIpc) is 2.75. The van der Waals surface area contributed by atoms with Crippen LogP contribution in [0.25, 0.3) is 0 Å². The zero-order valence-corrected chi connectivity index (χ0v) is 17.8. The van der Waals surface area contributed by atoms with Gasteiger partial charge < -0.3 is 21.3 Å². The topological polar surface area (TPSA) is 77.5 Å². The van der Waals surface area contributed by atoms with Crippen molar-refractivity contribution in [2.75, 3.05) is 32.5 Å². The van der Waals surface area contributed by atoms with E-state index in [1.54, 1.807) is 14.1 Å². The van der Waals surface area contributed by atoms with Crippen molar-refractivity contribution in [3.05, 3.63) is 65.7 Å². The van der Waals surface area contributed by atoms with Gasteiger partial charge in [0.15, 0.2) is 5.96 Å². The summed E-state index contributed by atoms with van der Waals surface area (Å²) in [5.41, 5.74) is 2.91. The molecule has 4 N–H and O–H groups in total. The molecule has 0 saturated carbocycles. The Kier molecular flexibility index (Phi) is 9.02. The van der Waals surface area contributed by atoms with E-state index < -0.39 is 0 Å². The number of benzene rings is 2. The fraction of sp³-hybridized carbons (Fsp3) is 0.391. The maximum atomic E-state index is 11.8. The van der Waals surface area contributed by atoms with Crippen LogP contribution < -0.4 is 21.3 Å². The number of hydrogen-bond donors (Lipinski definition) is 4. The van der Waals surface area contributed by atoms with E-state index in [1.165, 1.54) is 0 Å². The van der Waals surface area contributed by atoms with Gasteiger partial charge in [0, 0.05) is 44.5 Å². The number of amides is 1. The van der Waals surface area contributed by atoms with Crippen molar-refractivity contribution < 1.29 is 4.79 Å². The second kappa shape index (κ2) is 11.7. The molecule has 0 aliphatic rings. The monoisotopic (exact) mass is 395 g/mol. The minimum atomic E-state index is -0.0667. The maximum Gasteiger partial charge on any atom is 0.251 e. The van der Waals surface area contributed by atoms with Crippen LogP contribution in [0, 0.1) is 5.92 Å². The standard InChI is InChI=1S/C23H33N5O/c1-17(2)21(28-20-11-6-5-7-12-20)16-27-23(25-4)26-14-13-18-9-8-10-19(15-18)22(29)24-3/h5-12,15,17,21,28H,13-14,16H2,1-4H3,(H,24,29)(H2,25,26,27). The molecule has 6 heteroatoms. The lowest BCUT2D eigenvalue weighted by atomic mass is 10.0. The largest absolute Gasteiger partial charge is 0.380 e. The molecular formula is C23H33N5O. The van der Waals surface area contributed by atoms with E-state index in [1.807, 2.05) is 42.5 Å².